The molecular weight excluding hydrogens is 577 g/mol. The first kappa shape index (κ1) is 31.8. The van der Waals surface area contributed by atoms with Gasteiger partial charge in [-0.2, -0.15) is 10.1 Å². The molecule has 0 aliphatic heterocycles. The van der Waals surface area contributed by atoms with Gasteiger partial charge in [-0.25, -0.2) is 14.5 Å². The Balaban J connectivity index is 1.43. The Kier molecular flexibility index (Phi) is 11.0. The summed E-state index contributed by atoms with van der Waals surface area (Å²) in [5.41, 5.74) is -0.00353. The van der Waals surface area contributed by atoms with Gasteiger partial charge < -0.3 is 18.9 Å². The highest BCUT2D eigenvalue weighted by atomic mass is 31.2. The Morgan fingerprint density at radius 3 is 2.77 bits per heavy atom. The van der Waals surface area contributed by atoms with Gasteiger partial charge in [0.2, 0.25) is 5.95 Å². The fraction of sp³-hybridized carbons (Fsp3) is 0.393. The molecule has 0 aliphatic carbocycles. The van der Waals surface area contributed by atoms with Crippen LogP contribution in [0.15, 0.2) is 58.6 Å². The molecule has 0 bridgehead atoms. The predicted octanol–water partition coefficient (Wildman–Crippen LogP) is 3.99. The second-order valence-electron chi connectivity index (χ2n) is 9.79. The van der Waals surface area contributed by atoms with Crippen LogP contribution < -0.4 is 15.2 Å². The Morgan fingerprint density at radius 1 is 1.19 bits per heavy atom. The number of fused-ring (bicyclic) bond motifs is 2. The van der Waals surface area contributed by atoms with E-state index in [1.165, 1.54) is 24.2 Å². The van der Waals surface area contributed by atoms with Crippen LogP contribution in [0.1, 0.15) is 26.7 Å². The summed E-state index contributed by atoms with van der Waals surface area (Å²) in [5, 5.41) is 4.31. The number of imidazole rings is 1. The van der Waals surface area contributed by atoms with Crippen molar-refractivity contribution in [2.75, 3.05) is 33.9 Å². The van der Waals surface area contributed by atoms with Crippen molar-refractivity contribution in [1.82, 2.24) is 29.5 Å². The standard InChI is InChI=1S/C28H36N7O7P/c1-5-6-14-40-27(37)20(2)33-43(38,42-23-13-9-11-21-10-7-8-12-22(21)23)41-16-15-39-19-35-18-29-24-25(35)31-28(32-26(24)36)30-17-34(3)4/h7-13,17-18,20H,5-6,14-16,19H2,1-4H3,(H,33,38)(H,31,32,36)/b30-17+/t20-,43?/m0/s1. The van der Waals surface area contributed by atoms with Gasteiger partial charge in [0.05, 0.1) is 32.5 Å². The molecule has 2 heterocycles. The lowest BCUT2D eigenvalue weighted by atomic mass is 10.1. The number of nitrogens with zero attached hydrogens (tertiary/aromatic N) is 5. The number of rotatable bonds is 16. The minimum Gasteiger partial charge on any atom is -0.465 e. The molecule has 15 heteroatoms. The van der Waals surface area contributed by atoms with Gasteiger partial charge >= 0.3 is 13.7 Å². The first-order valence-corrected chi connectivity index (χ1v) is 15.3. The van der Waals surface area contributed by atoms with Crippen molar-refractivity contribution in [3.63, 3.8) is 0 Å². The number of H-pyrrole nitrogens is 1. The number of hydrogen-bond acceptors (Lipinski definition) is 10. The number of aliphatic imine (C=N–C) groups is 1. The Morgan fingerprint density at radius 2 is 1.98 bits per heavy atom. The molecule has 2 N–H and O–H groups in total. The van der Waals surface area contributed by atoms with Gasteiger partial charge in [-0.3, -0.25) is 23.7 Å². The molecule has 0 spiro atoms. The molecule has 0 amide bonds. The van der Waals surface area contributed by atoms with E-state index < -0.39 is 25.3 Å². The Bertz CT molecular complexity index is 1670. The summed E-state index contributed by atoms with van der Waals surface area (Å²) >= 11 is 0. The Labute approximate surface area is 248 Å². The van der Waals surface area contributed by atoms with E-state index in [0.717, 1.165) is 23.6 Å². The number of esters is 1. The third-order valence-corrected chi connectivity index (χ3v) is 7.67. The zero-order chi connectivity index (χ0) is 30.8. The number of aromatic amines is 1. The molecule has 2 aromatic carbocycles. The van der Waals surface area contributed by atoms with E-state index in [1.807, 2.05) is 37.3 Å². The highest BCUT2D eigenvalue weighted by Crippen LogP contribution is 2.46. The van der Waals surface area contributed by atoms with Crippen molar-refractivity contribution >= 4 is 47.9 Å². The first-order chi connectivity index (χ1) is 20.7. The molecule has 1 unspecified atom stereocenters. The fourth-order valence-electron chi connectivity index (χ4n) is 3.87. The van der Waals surface area contributed by atoms with Crippen LogP contribution in [0.3, 0.4) is 0 Å². The number of unbranched alkanes of at least 4 members (excludes halogenated alkanes) is 1. The van der Waals surface area contributed by atoms with Crippen molar-refractivity contribution in [3.8, 4) is 5.75 Å². The van der Waals surface area contributed by atoms with Crippen molar-refractivity contribution in [2.45, 2.75) is 39.5 Å². The molecule has 0 saturated carbocycles. The van der Waals surface area contributed by atoms with E-state index in [4.69, 9.17) is 18.5 Å². The van der Waals surface area contributed by atoms with Crippen molar-refractivity contribution in [3.05, 3.63) is 59.1 Å². The summed E-state index contributed by atoms with van der Waals surface area (Å²) in [5.74, 6) is -0.120. The number of benzene rings is 2. The third-order valence-electron chi connectivity index (χ3n) is 6.01. The van der Waals surface area contributed by atoms with E-state index in [9.17, 15) is 14.2 Å². The molecule has 0 saturated heterocycles. The summed E-state index contributed by atoms with van der Waals surface area (Å²) in [6.45, 7) is 3.61. The van der Waals surface area contributed by atoms with Crippen molar-refractivity contribution < 1.29 is 27.9 Å². The average molecular weight is 614 g/mol. The van der Waals surface area contributed by atoms with Crippen LogP contribution in [0.25, 0.3) is 21.9 Å². The van der Waals surface area contributed by atoms with Gasteiger partial charge in [0, 0.05) is 19.5 Å². The number of aromatic nitrogens is 4. The molecule has 0 radical (unpaired) electrons. The first-order valence-electron chi connectivity index (χ1n) is 13.8. The minimum absolute atomic E-state index is 0.00556. The van der Waals surface area contributed by atoms with Gasteiger partial charge in [0.15, 0.2) is 11.2 Å². The quantitative estimate of drug-likeness (QED) is 0.0618. The Hall–Kier alpha value is -4.10. The summed E-state index contributed by atoms with van der Waals surface area (Å²) in [4.78, 5) is 41.7. The van der Waals surface area contributed by atoms with Crippen LogP contribution in [0.2, 0.25) is 0 Å². The normalized spacial score (nSPS) is 13.8. The van der Waals surface area contributed by atoms with Crippen molar-refractivity contribution in [2.24, 2.45) is 4.99 Å². The molecule has 2 aromatic heterocycles. The molecule has 14 nitrogen and oxygen atoms in total. The lowest BCUT2D eigenvalue weighted by molar-refractivity contribution is -0.145. The lowest BCUT2D eigenvalue weighted by Gasteiger charge is -2.23. The van der Waals surface area contributed by atoms with Crippen molar-refractivity contribution in [1.29, 1.82) is 0 Å². The topological polar surface area (TPSA) is 162 Å². The van der Waals surface area contributed by atoms with Gasteiger partial charge in [0.1, 0.15) is 18.5 Å². The number of carbonyl (C=O) groups excluding carboxylic acids is 1. The number of ether oxygens (including phenoxy) is 2. The van der Waals surface area contributed by atoms with Crippen LogP contribution in [-0.4, -0.2) is 76.7 Å². The number of carbonyl (C=O) groups is 1. The third kappa shape index (κ3) is 8.71. The zero-order valence-corrected chi connectivity index (χ0v) is 25.5. The smallest absolute Gasteiger partial charge is 0.459 e. The number of nitrogens with one attached hydrogen (secondary N) is 2. The molecule has 0 aliphatic rings. The van der Waals surface area contributed by atoms with E-state index in [1.54, 1.807) is 31.1 Å². The van der Waals surface area contributed by atoms with Crippen LogP contribution in [0.5, 0.6) is 5.75 Å². The lowest BCUT2D eigenvalue weighted by Crippen LogP contribution is -2.35. The molecule has 0 fully saturated rings. The van der Waals surface area contributed by atoms with Crippen LogP contribution in [0.4, 0.5) is 5.95 Å². The fourth-order valence-corrected chi connectivity index (χ4v) is 5.37. The predicted molar refractivity (Wildman–Crippen MR) is 163 cm³/mol. The average Bonchev–Trinajstić information content (AvgIpc) is 3.39. The zero-order valence-electron chi connectivity index (χ0n) is 24.6. The monoisotopic (exact) mass is 613 g/mol. The highest BCUT2D eigenvalue weighted by molar-refractivity contribution is 7.52. The van der Waals surface area contributed by atoms with Gasteiger partial charge in [-0.05, 0) is 24.8 Å². The largest absolute Gasteiger partial charge is 0.465 e. The van der Waals surface area contributed by atoms with Gasteiger partial charge in [-0.1, -0.05) is 49.7 Å². The molecule has 2 atom stereocenters. The van der Waals surface area contributed by atoms with E-state index in [-0.39, 0.29) is 43.7 Å². The SMILES string of the molecule is CCCCOC(=O)[C@H](C)NP(=O)(OCCOCn1cnc2c(=O)[nH]c(/N=C/N(C)C)nc21)Oc1cccc2ccccc12. The summed E-state index contributed by atoms with van der Waals surface area (Å²) in [6.07, 6.45) is 4.53. The minimum atomic E-state index is -4.09. The highest BCUT2D eigenvalue weighted by Gasteiger charge is 2.32. The summed E-state index contributed by atoms with van der Waals surface area (Å²) in [6, 6.07) is 11.9. The second kappa shape index (κ2) is 14.9. The van der Waals surface area contributed by atoms with Crippen LogP contribution in [-0.2, 0) is 30.1 Å². The van der Waals surface area contributed by atoms with E-state index in [0.29, 0.717) is 5.75 Å². The van der Waals surface area contributed by atoms with E-state index >= 15 is 0 Å². The molecule has 4 aromatic rings. The van der Waals surface area contributed by atoms with E-state index in [2.05, 4.69) is 25.0 Å². The maximum absolute atomic E-state index is 13.9. The molecule has 230 valence electrons. The molecular formula is C28H36N7O7P. The van der Waals surface area contributed by atoms with Gasteiger partial charge in [0.25, 0.3) is 5.56 Å². The maximum atomic E-state index is 13.9. The van der Waals surface area contributed by atoms with Crippen LogP contribution in [0, 0.1) is 0 Å². The molecule has 43 heavy (non-hydrogen) atoms. The van der Waals surface area contributed by atoms with Crippen LogP contribution >= 0.6 is 7.75 Å². The summed E-state index contributed by atoms with van der Waals surface area (Å²) in [7, 11) is -0.504. The second-order valence-corrected chi connectivity index (χ2v) is 11.5. The van der Waals surface area contributed by atoms with Gasteiger partial charge in [-0.15, -0.1) is 0 Å². The maximum Gasteiger partial charge on any atom is 0.459 e. The molecule has 4 rings (SSSR count). The summed E-state index contributed by atoms with van der Waals surface area (Å²) < 4.78 is 38.0. The number of hydrogen-bond donors (Lipinski definition) is 2.